The summed E-state index contributed by atoms with van der Waals surface area (Å²) in [5.74, 6) is 1.78. The standard InChI is InChI=1S/C58H36N6/c59-37-38-29-31-53-49(33-38)50-36-44(63-51-27-15-13-25-45(51)46-26-14-16-28-52(46)63)30-32-54(50)64(53)55-47(39-17-5-1-6-18-39)34-43(35-48(55)40-19-7-2-8-20-40)58-61-56(41-21-9-3-10-22-41)60-57(62-58)42-23-11-4-12-24-42/h1-36H. The van der Waals surface area contributed by atoms with E-state index in [9.17, 15) is 5.26 Å². The topological polar surface area (TPSA) is 72.3 Å². The van der Waals surface area contributed by atoms with Crippen LogP contribution in [0.15, 0.2) is 218 Å². The lowest BCUT2D eigenvalue weighted by molar-refractivity contribution is 1.07. The normalized spacial score (nSPS) is 11.4. The van der Waals surface area contributed by atoms with Crippen LogP contribution in [0.2, 0.25) is 0 Å². The Morgan fingerprint density at radius 1 is 0.328 bits per heavy atom. The van der Waals surface area contributed by atoms with Crippen LogP contribution in [0.4, 0.5) is 0 Å². The fourth-order valence-electron chi connectivity index (χ4n) is 9.28. The SMILES string of the molecule is N#Cc1ccc2c(c1)c1cc(-n3c4ccccc4c4ccccc43)ccc1n2-c1c(-c2ccccc2)cc(-c2nc(-c3ccccc3)nc(-c3ccccc3)n2)cc1-c1ccccc1. The highest BCUT2D eigenvalue weighted by Crippen LogP contribution is 2.45. The van der Waals surface area contributed by atoms with Gasteiger partial charge < -0.3 is 9.13 Å². The molecule has 0 atom stereocenters. The number of nitrogens with zero attached hydrogens (tertiary/aromatic N) is 6. The molecular weight excluding hydrogens is 781 g/mol. The average molecular weight is 817 g/mol. The second kappa shape index (κ2) is 15.2. The Morgan fingerprint density at radius 3 is 1.23 bits per heavy atom. The molecule has 0 unspecified atom stereocenters. The molecule has 298 valence electrons. The van der Waals surface area contributed by atoms with E-state index in [1.807, 2.05) is 72.8 Å². The molecule has 0 aliphatic heterocycles. The molecule has 0 aliphatic rings. The van der Waals surface area contributed by atoms with Gasteiger partial charge in [0.05, 0.1) is 39.4 Å². The van der Waals surface area contributed by atoms with Gasteiger partial charge in [-0.25, -0.2) is 15.0 Å². The van der Waals surface area contributed by atoms with Crippen LogP contribution in [0.25, 0.3) is 111 Å². The summed E-state index contributed by atoms with van der Waals surface area (Å²) in [4.78, 5) is 15.4. The minimum atomic E-state index is 0.574. The lowest BCUT2D eigenvalue weighted by atomic mass is 9.92. The van der Waals surface area contributed by atoms with Gasteiger partial charge in [-0.3, -0.25) is 0 Å². The van der Waals surface area contributed by atoms with E-state index in [0.717, 1.165) is 83.2 Å². The first-order chi connectivity index (χ1) is 31.7. The molecule has 6 nitrogen and oxygen atoms in total. The van der Waals surface area contributed by atoms with Gasteiger partial charge in [0.25, 0.3) is 0 Å². The molecule has 0 aliphatic carbocycles. The number of para-hydroxylation sites is 2. The zero-order valence-electron chi connectivity index (χ0n) is 34.5. The zero-order chi connectivity index (χ0) is 42.6. The maximum atomic E-state index is 10.3. The summed E-state index contributed by atoms with van der Waals surface area (Å²) < 4.78 is 4.73. The monoisotopic (exact) mass is 816 g/mol. The van der Waals surface area contributed by atoms with Gasteiger partial charge in [-0.1, -0.05) is 158 Å². The number of hydrogen-bond donors (Lipinski definition) is 0. The number of nitriles is 1. The van der Waals surface area contributed by atoms with Crippen molar-refractivity contribution in [2.24, 2.45) is 0 Å². The number of fused-ring (bicyclic) bond motifs is 6. The van der Waals surface area contributed by atoms with Crippen molar-refractivity contribution < 1.29 is 0 Å². The predicted molar refractivity (Wildman–Crippen MR) is 260 cm³/mol. The molecule has 0 N–H and O–H groups in total. The Hall–Kier alpha value is -8.92. The first-order valence-electron chi connectivity index (χ1n) is 21.3. The summed E-state index contributed by atoms with van der Waals surface area (Å²) in [6.07, 6.45) is 0. The molecule has 12 rings (SSSR count). The van der Waals surface area contributed by atoms with E-state index in [1.54, 1.807) is 0 Å². The van der Waals surface area contributed by atoms with Gasteiger partial charge in [0.15, 0.2) is 17.5 Å². The number of benzene rings is 9. The smallest absolute Gasteiger partial charge is 0.164 e. The van der Waals surface area contributed by atoms with Gasteiger partial charge in [-0.2, -0.15) is 5.26 Å². The number of rotatable bonds is 7. The van der Waals surface area contributed by atoms with Gasteiger partial charge in [-0.15, -0.1) is 0 Å². The lowest BCUT2D eigenvalue weighted by Crippen LogP contribution is -2.04. The van der Waals surface area contributed by atoms with E-state index in [1.165, 1.54) is 10.8 Å². The van der Waals surface area contributed by atoms with Gasteiger partial charge in [0, 0.05) is 55.0 Å². The molecule has 9 aromatic carbocycles. The van der Waals surface area contributed by atoms with E-state index >= 15 is 0 Å². The van der Waals surface area contributed by atoms with E-state index in [-0.39, 0.29) is 0 Å². The fraction of sp³-hybridized carbons (Fsp3) is 0. The summed E-state index contributed by atoms with van der Waals surface area (Å²) in [6, 6.07) is 78.1. The van der Waals surface area contributed by atoms with Crippen LogP contribution < -0.4 is 0 Å². The van der Waals surface area contributed by atoms with Crippen LogP contribution in [-0.2, 0) is 0 Å². The first kappa shape index (κ1) is 36.9. The zero-order valence-corrected chi connectivity index (χ0v) is 34.5. The second-order valence-corrected chi connectivity index (χ2v) is 15.9. The van der Waals surface area contributed by atoms with Gasteiger partial charge in [-0.05, 0) is 71.8 Å². The quantitative estimate of drug-likeness (QED) is 0.161. The van der Waals surface area contributed by atoms with E-state index in [4.69, 9.17) is 15.0 Å². The van der Waals surface area contributed by atoms with Crippen LogP contribution in [-0.4, -0.2) is 24.1 Å². The molecular formula is C58H36N6. The van der Waals surface area contributed by atoms with Crippen LogP contribution >= 0.6 is 0 Å². The highest BCUT2D eigenvalue weighted by molar-refractivity contribution is 6.13. The van der Waals surface area contributed by atoms with Gasteiger partial charge in [0.2, 0.25) is 0 Å². The van der Waals surface area contributed by atoms with E-state index in [0.29, 0.717) is 23.0 Å². The van der Waals surface area contributed by atoms with Crippen molar-refractivity contribution >= 4 is 43.6 Å². The largest absolute Gasteiger partial charge is 0.309 e. The Labute approximate surface area is 369 Å². The van der Waals surface area contributed by atoms with Crippen molar-refractivity contribution in [3.63, 3.8) is 0 Å². The maximum absolute atomic E-state index is 10.3. The summed E-state index contributed by atoms with van der Waals surface area (Å²) in [6.45, 7) is 0. The maximum Gasteiger partial charge on any atom is 0.164 e. The molecule has 0 spiro atoms. The second-order valence-electron chi connectivity index (χ2n) is 15.9. The summed E-state index contributed by atoms with van der Waals surface area (Å²) in [5, 5.41) is 14.7. The molecule has 3 aromatic heterocycles. The lowest BCUT2D eigenvalue weighted by Gasteiger charge is -2.21. The van der Waals surface area contributed by atoms with Crippen molar-refractivity contribution in [1.29, 1.82) is 5.26 Å². The molecule has 0 saturated heterocycles. The van der Waals surface area contributed by atoms with Crippen molar-refractivity contribution in [3.05, 3.63) is 224 Å². The minimum absolute atomic E-state index is 0.574. The van der Waals surface area contributed by atoms with Crippen LogP contribution in [0.5, 0.6) is 0 Å². The van der Waals surface area contributed by atoms with Gasteiger partial charge >= 0.3 is 0 Å². The first-order valence-corrected chi connectivity index (χ1v) is 21.3. The highest BCUT2D eigenvalue weighted by atomic mass is 15.0. The van der Waals surface area contributed by atoms with Crippen molar-refractivity contribution in [2.75, 3.05) is 0 Å². The molecule has 0 bridgehead atoms. The van der Waals surface area contributed by atoms with Crippen molar-refractivity contribution in [3.8, 4) is 73.9 Å². The third-order valence-corrected chi connectivity index (χ3v) is 12.2. The van der Waals surface area contributed by atoms with E-state index in [2.05, 4.69) is 161 Å². The molecule has 64 heavy (non-hydrogen) atoms. The third kappa shape index (κ3) is 6.14. The Balaban J connectivity index is 1.17. The predicted octanol–water partition coefficient (Wildman–Crippen LogP) is 14.3. The van der Waals surface area contributed by atoms with Gasteiger partial charge in [0.1, 0.15) is 0 Å². The molecule has 12 aromatic rings. The molecule has 3 heterocycles. The van der Waals surface area contributed by atoms with Crippen LogP contribution in [0.3, 0.4) is 0 Å². The summed E-state index contributed by atoms with van der Waals surface area (Å²) in [7, 11) is 0. The van der Waals surface area contributed by atoms with Crippen molar-refractivity contribution in [1.82, 2.24) is 24.1 Å². The summed E-state index contributed by atoms with van der Waals surface area (Å²) >= 11 is 0. The molecule has 6 heteroatoms. The Kier molecular flexibility index (Phi) is 8.77. The minimum Gasteiger partial charge on any atom is -0.309 e. The molecule has 0 amide bonds. The average Bonchev–Trinajstić information content (AvgIpc) is 3.88. The molecule has 0 saturated carbocycles. The van der Waals surface area contributed by atoms with Crippen LogP contribution in [0, 0.1) is 11.3 Å². The number of hydrogen-bond acceptors (Lipinski definition) is 4. The number of aromatic nitrogens is 5. The molecule has 0 fully saturated rings. The Bertz CT molecular complexity index is 3600. The fourth-order valence-corrected chi connectivity index (χ4v) is 9.28. The van der Waals surface area contributed by atoms with E-state index < -0.39 is 0 Å². The highest BCUT2D eigenvalue weighted by Gasteiger charge is 2.24. The Morgan fingerprint density at radius 2 is 0.734 bits per heavy atom. The van der Waals surface area contributed by atoms with Crippen molar-refractivity contribution in [2.45, 2.75) is 0 Å². The third-order valence-electron chi connectivity index (χ3n) is 12.2. The summed E-state index contributed by atoms with van der Waals surface area (Å²) in [5.41, 5.74) is 13.8. The molecule has 0 radical (unpaired) electrons. The van der Waals surface area contributed by atoms with Crippen LogP contribution in [0.1, 0.15) is 5.56 Å².